The first kappa shape index (κ1) is 23.5. The number of ether oxygens (including phenoxy) is 1. The van der Waals surface area contributed by atoms with Crippen molar-refractivity contribution in [3.05, 3.63) is 86.8 Å². The van der Waals surface area contributed by atoms with Crippen LogP contribution in [0.1, 0.15) is 40.0 Å². The van der Waals surface area contributed by atoms with E-state index in [-0.39, 0.29) is 11.7 Å². The highest BCUT2D eigenvalue weighted by molar-refractivity contribution is 7.98. The van der Waals surface area contributed by atoms with Gasteiger partial charge in [0.05, 0.1) is 0 Å². The molecule has 1 aromatic heterocycles. The summed E-state index contributed by atoms with van der Waals surface area (Å²) in [6.45, 7) is 1.27. The molecule has 0 spiro atoms. The van der Waals surface area contributed by atoms with Crippen LogP contribution in [0.5, 0.6) is 11.5 Å². The van der Waals surface area contributed by atoms with Crippen LogP contribution in [0.25, 0.3) is 0 Å². The van der Waals surface area contributed by atoms with Gasteiger partial charge < -0.3 is 14.7 Å². The minimum absolute atomic E-state index is 0.0802. The Balaban J connectivity index is 1.23. The Hall–Kier alpha value is -3.57. The number of hydrogen-bond donors (Lipinski definition) is 2. The molecule has 11 heteroatoms. The number of benzene rings is 2. The summed E-state index contributed by atoms with van der Waals surface area (Å²) in [6.07, 6.45) is 2.69. The number of amides is 1. The average Bonchev–Trinajstić information content (AvgIpc) is 3.30. The highest BCUT2D eigenvalue weighted by Crippen LogP contribution is 2.39. The predicted octanol–water partition coefficient (Wildman–Crippen LogP) is 3.24. The number of nitrogens with one attached hydrogen (secondary N) is 1. The fraction of sp³-hybridized carbons (Fsp3) is 0.333. The number of aromatic hydroxyl groups is 1. The zero-order valence-electron chi connectivity index (χ0n) is 20.2. The topological polar surface area (TPSA) is 87.0 Å². The lowest BCUT2D eigenvalue weighted by atomic mass is 10.00. The lowest BCUT2D eigenvalue weighted by molar-refractivity contribution is -0.0816. The van der Waals surface area contributed by atoms with Crippen LogP contribution in [0, 0.1) is 11.6 Å². The van der Waals surface area contributed by atoms with Crippen molar-refractivity contribution in [2.45, 2.75) is 48.3 Å². The quantitative estimate of drug-likeness (QED) is 0.518. The maximum atomic E-state index is 14.4. The summed E-state index contributed by atoms with van der Waals surface area (Å²) in [5.74, 6) is -1.67. The SMILES string of the molecule is O=C1c2c(O)c(=O)ccn2NC2C(Oc3ccc4c(c3)Cc3ccc(F)c(F)c3CS4)N3CCCC3CN12. The predicted molar refractivity (Wildman–Crippen MR) is 136 cm³/mol. The molecule has 4 aliphatic heterocycles. The van der Waals surface area contributed by atoms with Gasteiger partial charge in [-0.05, 0) is 54.7 Å². The van der Waals surface area contributed by atoms with Crippen LogP contribution in [-0.2, 0) is 12.2 Å². The number of thioether (sulfide) groups is 1. The number of pyridine rings is 1. The maximum Gasteiger partial charge on any atom is 0.278 e. The molecule has 4 aliphatic rings. The first-order chi connectivity index (χ1) is 18.4. The molecule has 3 aromatic rings. The van der Waals surface area contributed by atoms with Crippen molar-refractivity contribution in [2.75, 3.05) is 18.5 Å². The molecule has 0 aliphatic carbocycles. The van der Waals surface area contributed by atoms with Gasteiger partial charge in [0.1, 0.15) is 5.75 Å². The molecule has 38 heavy (non-hydrogen) atoms. The van der Waals surface area contributed by atoms with Crippen LogP contribution >= 0.6 is 11.8 Å². The Labute approximate surface area is 220 Å². The third-order valence-corrected chi connectivity index (χ3v) is 9.05. The number of nitrogens with zero attached hydrogens (tertiary/aromatic N) is 3. The number of carbonyl (C=O) groups is 1. The number of piperazine rings is 1. The largest absolute Gasteiger partial charge is 0.502 e. The maximum absolute atomic E-state index is 14.4. The molecule has 1 amide bonds. The van der Waals surface area contributed by atoms with Crippen molar-refractivity contribution in [1.82, 2.24) is 14.5 Å². The van der Waals surface area contributed by atoms with Gasteiger partial charge >= 0.3 is 0 Å². The van der Waals surface area contributed by atoms with E-state index >= 15 is 0 Å². The number of carbonyl (C=O) groups excluding carboxylic acids is 1. The van der Waals surface area contributed by atoms with Crippen molar-refractivity contribution in [3.8, 4) is 11.5 Å². The van der Waals surface area contributed by atoms with Crippen LogP contribution in [0.2, 0.25) is 0 Å². The molecule has 8 nitrogen and oxygen atoms in total. The summed E-state index contributed by atoms with van der Waals surface area (Å²) in [4.78, 5) is 30.3. The lowest BCUT2D eigenvalue weighted by Crippen LogP contribution is -2.70. The van der Waals surface area contributed by atoms with Gasteiger partial charge in [0.2, 0.25) is 5.43 Å². The number of aromatic nitrogens is 1. The number of halogens is 2. The Morgan fingerprint density at radius 2 is 1.97 bits per heavy atom. The van der Waals surface area contributed by atoms with Crippen molar-refractivity contribution in [2.24, 2.45) is 0 Å². The van der Waals surface area contributed by atoms with E-state index in [1.54, 1.807) is 11.0 Å². The van der Waals surface area contributed by atoms with Crippen molar-refractivity contribution < 1.29 is 23.4 Å². The third-order valence-electron chi connectivity index (χ3n) is 7.91. The highest BCUT2D eigenvalue weighted by Gasteiger charge is 2.50. The van der Waals surface area contributed by atoms with Crippen LogP contribution in [0.4, 0.5) is 8.78 Å². The summed E-state index contributed by atoms with van der Waals surface area (Å²) in [7, 11) is 0. The number of hydrogen-bond acceptors (Lipinski definition) is 7. The average molecular weight is 539 g/mol. The van der Waals surface area contributed by atoms with Gasteiger partial charge in [-0.25, -0.2) is 8.78 Å². The minimum Gasteiger partial charge on any atom is -0.502 e. The van der Waals surface area contributed by atoms with Crippen molar-refractivity contribution >= 4 is 17.7 Å². The summed E-state index contributed by atoms with van der Waals surface area (Å²) in [5, 5.41) is 10.3. The summed E-state index contributed by atoms with van der Waals surface area (Å²) < 4.78 is 36.2. The van der Waals surface area contributed by atoms with Crippen LogP contribution in [0.15, 0.2) is 52.3 Å². The molecule has 2 N–H and O–H groups in total. The normalized spacial score (nSPS) is 23.9. The first-order valence-corrected chi connectivity index (χ1v) is 13.5. The fourth-order valence-corrected chi connectivity index (χ4v) is 7.11. The van der Waals surface area contributed by atoms with Crippen LogP contribution in [0.3, 0.4) is 0 Å². The van der Waals surface area contributed by atoms with E-state index in [1.807, 2.05) is 18.2 Å². The van der Waals surface area contributed by atoms with E-state index in [2.05, 4.69) is 10.3 Å². The molecule has 196 valence electrons. The molecule has 2 aromatic carbocycles. The van der Waals surface area contributed by atoms with Gasteiger partial charge in [-0.15, -0.1) is 11.8 Å². The Bertz CT molecular complexity index is 1550. The van der Waals surface area contributed by atoms with Gasteiger partial charge in [0, 0.05) is 47.6 Å². The summed E-state index contributed by atoms with van der Waals surface area (Å²) in [5.41, 5.74) is 4.67. The molecule has 2 saturated heterocycles. The van der Waals surface area contributed by atoms with Gasteiger partial charge in [-0.2, -0.15) is 0 Å². The molecular formula is C27H24F2N4O4S. The van der Waals surface area contributed by atoms with Crippen molar-refractivity contribution in [3.63, 3.8) is 0 Å². The first-order valence-electron chi connectivity index (χ1n) is 12.5. The number of fused-ring (bicyclic) bond motifs is 5. The third kappa shape index (κ3) is 3.59. The zero-order chi connectivity index (χ0) is 26.1. The van der Waals surface area contributed by atoms with E-state index in [4.69, 9.17) is 4.74 Å². The monoisotopic (exact) mass is 538 g/mol. The van der Waals surface area contributed by atoms with Gasteiger partial charge in [-0.3, -0.25) is 24.6 Å². The molecule has 2 fully saturated rings. The van der Waals surface area contributed by atoms with E-state index in [0.717, 1.165) is 35.4 Å². The van der Waals surface area contributed by atoms with Gasteiger partial charge in [0.15, 0.2) is 35.5 Å². The Kier molecular flexibility index (Phi) is 5.41. The molecule has 7 rings (SSSR count). The van der Waals surface area contributed by atoms with Crippen LogP contribution < -0.4 is 15.6 Å². The smallest absolute Gasteiger partial charge is 0.278 e. The highest BCUT2D eigenvalue weighted by atomic mass is 32.2. The number of rotatable bonds is 2. The molecule has 5 heterocycles. The second kappa shape index (κ2) is 8.74. The second-order valence-electron chi connectivity index (χ2n) is 10.1. The van der Waals surface area contributed by atoms with E-state index in [0.29, 0.717) is 30.0 Å². The second-order valence-corrected chi connectivity index (χ2v) is 11.1. The fourth-order valence-electron chi connectivity index (χ4n) is 6.01. The molecule has 3 unspecified atom stereocenters. The van der Waals surface area contributed by atoms with E-state index in [1.165, 1.54) is 34.8 Å². The molecule has 0 saturated carbocycles. The summed E-state index contributed by atoms with van der Waals surface area (Å²) in [6, 6.07) is 9.85. The van der Waals surface area contributed by atoms with Gasteiger partial charge in [-0.1, -0.05) is 6.07 Å². The molecular weight excluding hydrogens is 514 g/mol. The van der Waals surface area contributed by atoms with Crippen molar-refractivity contribution in [1.29, 1.82) is 0 Å². The van der Waals surface area contributed by atoms with E-state index < -0.39 is 41.1 Å². The van der Waals surface area contributed by atoms with E-state index in [9.17, 15) is 23.5 Å². The summed E-state index contributed by atoms with van der Waals surface area (Å²) >= 11 is 1.47. The molecule has 3 atom stereocenters. The molecule has 0 radical (unpaired) electrons. The van der Waals surface area contributed by atoms with Crippen LogP contribution in [-0.4, -0.2) is 57.0 Å². The lowest BCUT2D eigenvalue weighted by Gasteiger charge is -2.51. The molecule has 0 bridgehead atoms. The van der Waals surface area contributed by atoms with Gasteiger partial charge in [0.25, 0.3) is 5.91 Å². The Morgan fingerprint density at radius 3 is 2.84 bits per heavy atom. The minimum atomic E-state index is -0.838. The standard InChI is InChI=1S/C27H24F2N4O4S/c28-19-5-3-14-10-15-11-17(4-6-21(15)38-13-18(14)22(19)29)37-27-25-30-33-9-7-20(34)24(35)23(33)26(36)32(25)12-16-2-1-8-31(16)27/h3-7,9,11,16,25,27,30,35H,1-2,8,10,12-13H2. The zero-order valence-corrected chi connectivity index (χ0v) is 21.0. The Morgan fingerprint density at radius 1 is 1.11 bits per heavy atom.